The number of rotatable bonds is 5. The van der Waals surface area contributed by atoms with Crippen LogP contribution in [0.25, 0.3) is 5.95 Å². The number of nitrogens with zero attached hydrogens (tertiary/aromatic N) is 6. The Morgan fingerprint density at radius 2 is 2.11 bits per heavy atom. The predicted molar refractivity (Wildman–Crippen MR) is 74.7 cm³/mol. The van der Waals surface area contributed by atoms with Gasteiger partial charge in [0.1, 0.15) is 0 Å². The van der Waals surface area contributed by atoms with Crippen LogP contribution < -0.4 is 4.90 Å². The van der Waals surface area contributed by atoms with E-state index in [1.807, 2.05) is 6.07 Å². The lowest BCUT2D eigenvalue weighted by atomic mass is 10.2. The molecule has 1 unspecified atom stereocenters. The smallest absolute Gasteiger partial charge is 0.256 e. The summed E-state index contributed by atoms with van der Waals surface area (Å²) < 4.78 is 1.57. The molecule has 2 aromatic rings. The topological polar surface area (TPSA) is 59.7 Å². The van der Waals surface area contributed by atoms with Crippen molar-refractivity contribution in [3.63, 3.8) is 0 Å². The van der Waals surface area contributed by atoms with Crippen LogP contribution in [-0.4, -0.2) is 37.3 Å². The molecule has 0 N–H and O–H groups in total. The van der Waals surface area contributed by atoms with Crippen LogP contribution >= 0.6 is 11.6 Å². The fraction of sp³-hybridized carbons (Fsp3) is 0.500. The van der Waals surface area contributed by atoms with E-state index in [1.165, 1.54) is 0 Å². The van der Waals surface area contributed by atoms with Crippen molar-refractivity contribution < 1.29 is 0 Å². The minimum atomic E-state index is 0.178. The molecule has 19 heavy (non-hydrogen) atoms. The van der Waals surface area contributed by atoms with Crippen LogP contribution in [0.1, 0.15) is 27.2 Å². The van der Waals surface area contributed by atoms with Gasteiger partial charge in [0.25, 0.3) is 5.95 Å². The fourth-order valence-electron chi connectivity index (χ4n) is 1.82. The lowest BCUT2D eigenvalue weighted by Crippen LogP contribution is -2.34. The summed E-state index contributed by atoms with van der Waals surface area (Å²) in [5.74, 6) is 1.02. The minimum Gasteiger partial charge on any atom is -0.338 e. The molecule has 102 valence electrons. The Balaban J connectivity index is 2.41. The predicted octanol–water partition coefficient (Wildman–Crippen LogP) is 2.34. The molecule has 0 fully saturated rings. The van der Waals surface area contributed by atoms with Crippen molar-refractivity contribution in [1.29, 1.82) is 0 Å². The first kappa shape index (κ1) is 13.7. The SMILES string of the molecule is CCC(C)N(CC)c1nc(Cl)nc(-n2cccn2)n1. The van der Waals surface area contributed by atoms with E-state index in [0.29, 0.717) is 17.9 Å². The van der Waals surface area contributed by atoms with Gasteiger partial charge in [-0.25, -0.2) is 4.68 Å². The Labute approximate surface area is 117 Å². The number of anilines is 1. The number of halogens is 1. The second-order valence-corrected chi connectivity index (χ2v) is 4.54. The number of hydrogen-bond acceptors (Lipinski definition) is 5. The Morgan fingerprint density at radius 1 is 1.32 bits per heavy atom. The summed E-state index contributed by atoms with van der Waals surface area (Å²) in [5, 5.41) is 4.28. The second-order valence-electron chi connectivity index (χ2n) is 4.20. The first-order valence-corrected chi connectivity index (χ1v) is 6.71. The molecule has 0 saturated heterocycles. The lowest BCUT2D eigenvalue weighted by Gasteiger charge is -2.27. The van der Waals surface area contributed by atoms with Crippen molar-refractivity contribution in [3.8, 4) is 5.95 Å². The first-order valence-electron chi connectivity index (χ1n) is 6.34. The van der Waals surface area contributed by atoms with Gasteiger partial charge in [-0.1, -0.05) is 6.92 Å². The van der Waals surface area contributed by atoms with Crippen molar-refractivity contribution in [2.24, 2.45) is 0 Å². The molecule has 0 spiro atoms. The fourth-order valence-corrected chi connectivity index (χ4v) is 1.97. The summed E-state index contributed by atoms with van der Waals surface area (Å²) in [6.45, 7) is 7.14. The largest absolute Gasteiger partial charge is 0.338 e. The zero-order valence-corrected chi connectivity index (χ0v) is 12.0. The van der Waals surface area contributed by atoms with Crippen LogP contribution in [0, 0.1) is 0 Å². The van der Waals surface area contributed by atoms with E-state index in [1.54, 1.807) is 17.1 Å². The van der Waals surface area contributed by atoms with Gasteiger partial charge in [0, 0.05) is 25.0 Å². The molecule has 0 aliphatic rings. The molecule has 1 atom stereocenters. The normalized spacial score (nSPS) is 12.4. The van der Waals surface area contributed by atoms with Crippen molar-refractivity contribution in [2.45, 2.75) is 33.2 Å². The number of aromatic nitrogens is 5. The summed E-state index contributed by atoms with van der Waals surface area (Å²) >= 11 is 5.99. The van der Waals surface area contributed by atoms with E-state index in [2.05, 4.69) is 45.7 Å². The molecule has 6 nitrogen and oxygen atoms in total. The molecule has 0 amide bonds. The Morgan fingerprint density at radius 3 is 2.68 bits per heavy atom. The van der Waals surface area contributed by atoms with Gasteiger partial charge in [0.05, 0.1) is 0 Å². The molecule has 0 aliphatic heterocycles. The lowest BCUT2D eigenvalue weighted by molar-refractivity contribution is 0.610. The Kier molecular flexibility index (Phi) is 4.31. The summed E-state index contributed by atoms with van der Waals surface area (Å²) in [5.41, 5.74) is 0. The molecule has 0 aromatic carbocycles. The van der Waals surface area contributed by atoms with Crippen LogP contribution in [0.3, 0.4) is 0 Å². The summed E-state index contributed by atoms with van der Waals surface area (Å²) in [7, 11) is 0. The van der Waals surface area contributed by atoms with Crippen molar-refractivity contribution >= 4 is 17.5 Å². The van der Waals surface area contributed by atoms with Gasteiger partial charge in [0.2, 0.25) is 11.2 Å². The Bertz CT molecular complexity index is 527. The van der Waals surface area contributed by atoms with Crippen LogP contribution in [0.2, 0.25) is 5.28 Å². The highest BCUT2D eigenvalue weighted by molar-refractivity contribution is 6.28. The van der Waals surface area contributed by atoms with Crippen LogP contribution in [0.5, 0.6) is 0 Å². The van der Waals surface area contributed by atoms with E-state index in [-0.39, 0.29) is 5.28 Å². The van der Waals surface area contributed by atoms with Gasteiger partial charge in [0.15, 0.2) is 0 Å². The first-order chi connectivity index (χ1) is 9.15. The monoisotopic (exact) mass is 280 g/mol. The maximum absolute atomic E-state index is 5.99. The molecule has 0 radical (unpaired) electrons. The maximum Gasteiger partial charge on any atom is 0.256 e. The molecule has 2 aromatic heterocycles. The molecule has 2 rings (SSSR count). The molecular formula is C12H17ClN6. The molecule has 0 aliphatic carbocycles. The van der Waals surface area contributed by atoms with Gasteiger partial charge in [-0.2, -0.15) is 20.1 Å². The zero-order valence-electron chi connectivity index (χ0n) is 11.3. The number of hydrogen-bond donors (Lipinski definition) is 0. The zero-order chi connectivity index (χ0) is 13.8. The molecule has 0 saturated carbocycles. The molecule has 2 heterocycles. The highest BCUT2D eigenvalue weighted by Gasteiger charge is 2.16. The van der Waals surface area contributed by atoms with Crippen LogP contribution in [-0.2, 0) is 0 Å². The third-order valence-electron chi connectivity index (χ3n) is 3.01. The molecular weight excluding hydrogens is 264 g/mol. The molecule has 7 heteroatoms. The van der Waals surface area contributed by atoms with Crippen LogP contribution in [0.15, 0.2) is 18.5 Å². The maximum atomic E-state index is 5.99. The quantitative estimate of drug-likeness (QED) is 0.841. The second kappa shape index (κ2) is 5.97. The summed E-state index contributed by atoms with van der Waals surface area (Å²) in [6, 6.07) is 2.15. The summed E-state index contributed by atoms with van der Waals surface area (Å²) in [4.78, 5) is 14.8. The standard InChI is InChI=1S/C12H17ClN6/c1-4-9(3)18(5-2)11-15-10(13)16-12(17-11)19-8-6-7-14-19/h6-9H,4-5H2,1-3H3. The van der Waals surface area contributed by atoms with Gasteiger partial charge in [-0.3, -0.25) is 0 Å². The highest BCUT2D eigenvalue weighted by atomic mass is 35.5. The van der Waals surface area contributed by atoms with Gasteiger partial charge < -0.3 is 4.90 Å². The van der Waals surface area contributed by atoms with Gasteiger partial charge >= 0.3 is 0 Å². The Hall–Kier alpha value is -1.69. The van der Waals surface area contributed by atoms with E-state index in [9.17, 15) is 0 Å². The van der Waals surface area contributed by atoms with E-state index in [4.69, 9.17) is 11.6 Å². The molecule has 0 bridgehead atoms. The highest BCUT2D eigenvalue weighted by Crippen LogP contribution is 2.16. The van der Waals surface area contributed by atoms with Crippen LogP contribution in [0.4, 0.5) is 5.95 Å². The third kappa shape index (κ3) is 3.01. The minimum absolute atomic E-state index is 0.178. The average Bonchev–Trinajstić information content (AvgIpc) is 2.92. The summed E-state index contributed by atoms with van der Waals surface area (Å²) in [6.07, 6.45) is 4.45. The van der Waals surface area contributed by atoms with E-state index >= 15 is 0 Å². The third-order valence-corrected chi connectivity index (χ3v) is 3.18. The van der Waals surface area contributed by atoms with Gasteiger partial charge in [-0.15, -0.1) is 0 Å². The van der Waals surface area contributed by atoms with Crippen molar-refractivity contribution in [2.75, 3.05) is 11.4 Å². The average molecular weight is 281 g/mol. The van der Waals surface area contributed by atoms with E-state index < -0.39 is 0 Å². The van der Waals surface area contributed by atoms with E-state index in [0.717, 1.165) is 13.0 Å². The van der Waals surface area contributed by atoms with Crippen molar-refractivity contribution in [1.82, 2.24) is 24.7 Å². The van der Waals surface area contributed by atoms with Crippen molar-refractivity contribution in [3.05, 3.63) is 23.7 Å². The van der Waals surface area contributed by atoms with Gasteiger partial charge in [-0.05, 0) is 37.9 Å².